The summed E-state index contributed by atoms with van der Waals surface area (Å²) in [6.45, 7) is 11.4. The summed E-state index contributed by atoms with van der Waals surface area (Å²) in [6.07, 6.45) is -3.36. The molecule has 22 heteroatoms. The second-order valence-electron chi connectivity index (χ2n) is 17.0. The first-order chi connectivity index (χ1) is 31.6. The standard InChI is InChI=1S/C45H51FN8O11S2/c1-28-25-62-21-19-52(28)38-23-33(27-67(60,61)37-10-8-7-9-35(37)46)47-40(50-38)31-13-17-34(18-14-31)54(44(56)57)42(65-66(6,58)59)36-24-39(53-20-22-63-26-29(53)2)51-41(49-36)30-11-15-32(16-12-30)48-43(55)64-45(3,4)5/h7-18,23-24,28-29,42H,19-22,25-27H2,1-6H3,(H,48,55)(H,56,57)/t28-,29-,42?/m0/s1. The highest BCUT2D eigenvalue weighted by Crippen LogP contribution is 2.35. The summed E-state index contributed by atoms with van der Waals surface area (Å²) in [5.41, 5.74) is 0.392. The van der Waals surface area contributed by atoms with E-state index < -0.39 is 60.4 Å². The molecule has 19 nitrogen and oxygen atoms in total. The van der Waals surface area contributed by atoms with Crippen molar-refractivity contribution in [1.82, 2.24) is 19.9 Å². The Balaban J connectivity index is 1.28. The summed E-state index contributed by atoms with van der Waals surface area (Å²) < 4.78 is 89.9. The van der Waals surface area contributed by atoms with E-state index in [1.807, 2.05) is 23.6 Å². The van der Waals surface area contributed by atoms with Crippen molar-refractivity contribution in [3.8, 4) is 22.8 Å². The molecule has 2 saturated heterocycles. The molecule has 2 amide bonds. The second-order valence-corrected chi connectivity index (χ2v) is 20.6. The van der Waals surface area contributed by atoms with E-state index in [-0.39, 0.29) is 40.8 Å². The van der Waals surface area contributed by atoms with Gasteiger partial charge in [-0.3, -0.25) is 5.32 Å². The van der Waals surface area contributed by atoms with E-state index in [4.69, 9.17) is 28.4 Å². The van der Waals surface area contributed by atoms with Gasteiger partial charge < -0.3 is 29.1 Å². The number of nitrogens with zero attached hydrogens (tertiary/aromatic N) is 7. The minimum absolute atomic E-state index is 0.0377. The van der Waals surface area contributed by atoms with E-state index in [2.05, 4.69) is 15.3 Å². The van der Waals surface area contributed by atoms with Crippen LogP contribution in [0, 0.1) is 5.82 Å². The fraction of sp³-hybridized carbons (Fsp3) is 0.378. The van der Waals surface area contributed by atoms with Crippen molar-refractivity contribution in [2.45, 2.75) is 69.2 Å². The maximum Gasteiger partial charge on any atom is 0.414 e. The Hall–Kier alpha value is -6.33. The number of hydrogen-bond donors (Lipinski definition) is 2. The SMILES string of the molecule is C[C@H]1COCCN1c1cc(CS(=O)(=O)c2ccccc2F)nc(-c2ccc(N(C(=O)O)C(OS(C)(=O)=O)c3cc(N4CCOC[C@@H]4C)nc(-c4ccc(NC(=O)OC(C)(C)C)cc4)n3)cc2)n1. The van der Waals surface area contributed by atoms with Crippen molar-refractivity contribution in [3.05, 3.63) is 102 Å². The lowest BCUT2D eigenvalue weighted by Crippen LogP contribution is -2.44. The fourth-order valence-corrected chi connectivity index (χ4v) is 9.28. The Kier molecular flexibility index (Phi) is 14.4. The molecule has 5 aromatic rings. The third kappa shape index (κ3) is 12.2. The molecule has 4 heterocycles. The summed E-state index contributed by atoms with van der Waals surface area (Å²) in [6, 6.07) is 20.0. The molecule has 67 heavy (non-hydrogen) atoms. The van der Waals surface area contributed by atoms with Gasteiger partial charge in [-0.1, -0.05) is 12.1 Å². The lowest BCUT2D eigenvalue weighted by atomic mass is 10.1. The molecule has 2 aromatic heterocycles. The Morgan fingerprint density at radius 3 is 1.93 bits per heavy atom. The van der Waals surface area contributed by atoms with Crippen LogP contribution in [-0.2, 0) is 44.1 Å². The van der Waals surface area contributed by atoms with Crippen molar-refractivity contribution in [2.24, 2.45) is 0 Å². The van der Waals surface area contributed by atoms with Gasteiger partial charge in [0, 0.05) is 42.0 Å². The third-order valence-electron chi connectivity index (χ3n) is 10.5. The van der Waals surface area contributed by atoms with Crippen LogP contribution < -0.4 is 20.0 Å². The average molecular weight is 963 g/mol. The number of carboxylic acid groups (broad SMARTS) is 1. The summed E-state index contributed by atoms with van der Waals surface area (Å²) >= 11 is 0. The number of hydrogen-bond acceptors (Lipinski definition) is 16. The van der Waals surface area contributed by atoms with Crippen LogP contribution in [0.3, 0.4) is 0 Å². The molecular formula is C45H51FN8O11S2. The highest BCUT2D eigenvalue weighted by atomic mass is 32.2. The first kappa shape index (κ1) is 48.6. The van der Waals surface area contributed by atoms with E-state index in [1.54, 1.807) is 45.0 Å². The van der Waals surface area contributed by atoms with Gasteiger partial charge in [-0.25, -0.2) is 51.4 Å². The first-order valence-electron chi connectivity index (χ1n) is 21.2. The van der Waals surface area contributed by atoms with Crippen LogP contribution >= 0.6 is 0 Å². The number of halogens is 1. The van der Waals surface area contributed by atoms with Crippen LogP contribution in [0.2, 0.25) is 0 Å². The van der Waals surface area contributed by atoms with Gasteiger partial charge >= 0.3 is 12.2 Å². The predicted octanol–water partition coefficient (Wildman–Crippen LogP) is 6.67. The number of sulfone groups is 1. The molecule has 0 aliphatic carbocycles. The maximum atomic E-state index is 14.7. The highest BCUT2D eigenvalue weighted by Gasteiger charge is 2.35. The summed E-state index contributed by atoms with van der Waals surface area (Å²) in [5.74, 6) is -0.625. The number of carbonyl (C=O) groups is 2. The van der Waals surface area contributed by atoms with Gasteiger partial charge in [-0.05, 0) is 95.3 Å². The van der Waals surface area contributed by atoms with Gasteiger partial charge in [0.25, 0.3) is 10.1 Å². The predicted molar refractivity (Wildman–Crippen MR) is 247 cm³/mol. The van der Waals surface area contributed by atoms with Crippen LogP contribution in [0.25, 0.3) is 22.8 Å². The number of rotatable bonds is 13. The van der Waals surface area contributed by atoms with Gasteiger partial charge in [0.2, 0.25) is 6.23 Å². The van der Waals surface area contributed by atoms with Crippen LogP contribution in [-0.4, -0.2) is 118 Å². The van der Waals surface area contributed by atoms with Crippen molar-refractivity contribution >= 4 is 55.2 Å². The zero-order chi connectivity index (χ0) is 48.3. The number of ether oxygens (including phenoxy) is 3. The molecule has 3 atom stereocenters. The van der Waals surface area contributed by atoms with Gasteiger partial charge in [0.15, 0.2) is 21.5 Å². The van der Waals surface area contributed by atoms with Crippen molar-refractivity contribution in [2.75, 3.05) is 65.8 Å². The minimum atomic E-state index is -4.39. The molecule has 0 bridgehead atoms. The number of aromatic nitrogens is 4. The fourth-order valence-electron chi connectivity index (χ4n) is 7.42. The van der Waals surface area contributed by atoms with Crippen LogP contribution in [0.4, 0.5) is 37.0 Å². The van der Waals surface area contributed by atoms with E-state index in [0.29, 0.717) is 72.9 Å². The van der Waals surface area contributed by atoms with Gasteiger partial charge in [-0.15, -0.1) is 0 Å². The average Bonchev–Trinajstić information content (AvgIpc) is 3.25. The van der Waals surface area contributed by atoms with Crippen molar-refractivity contribution in [3.63, 3.8) is 0 Å². The number of nitrogens with one attached hydrogen (secondary N) is 1. The van der Waals surface area contributed by atoms with Crippen molar-refractivity contribution in [1.29, 1.82) is 0 Å². The van der Waals surface area contributed by atoms with Gasteiger partial charge in [-0.2, -0.15) is 8.42 Å². The van der Waals surface area contributed by atoms with Gasteiger partial charge in [0.05, 0.1) is 67.6 Å². The largest absolute Gasteiger partial charge is 0.465 e. The molecule has 356 valence electrons. The number of benzene rings is 3. The van der Waals surface area contributed by atoms with E-state index in [1.165, 1.54) is 54.6 Å². The maximum absolute atomic E-state index is 14.7. The molecule has 0 radical (unpaired) electrons. The smallest absolute Gasteiger partial charge is 0.414 e. The Bertz CT molecular complexity index is 2830. The Morgan fingerprint density at radius 1 is 0.836 bits per heavy atom. The zero-order valence-electron chi connectivity index (χ0n) is 37.6. The molecule has 0 saturated carbocycles. The van der Waals surface area contributed by atoms with Gasteiger partial charge in [0.1, 0.15) is 27.9 Å². The van der Waals surface area contributed by atoms with Crippen LogP contribution in [0.15, 0.2) is 89.8 Å². The normalized spacial score (nSPS) is 17.4. The molecule has 3 aromatic carbocycles. The minimum Gasteiger partial charge on any atom is -0.465 e. The van der Waals surface area contributed by atoms with E-state index in [9.17, 15) is 35.9 Å². The third-order valence-corrected chi connectivity index (χ3v) is 12.7. The first-order valence-corrected chi connectivity index (χ1v) is 24.7. The molecule has 2 N–H and O–H groups in total. The second kappa shape index (κ2) is 19.9. The monoisotopic (exact) mass is 962 g/mol. The van der Waals surface area contributed by atoms with E-state index in [0.717, 1.165) is 12.3 Å². The lowest BCUT2D eigenvalue weighted by Gasteiger charge is -2.35. The van der Waals surface area contributed by atoms with Crippen molar-refractivity contribution < 1.29 is 54.3 Å². The summed E-state index contributed by atoms with van der Waals surface area (Å²) in [4.78, 5) is 48.7. The lowest BCUT2D eigenvalue weighted by molar-refractivity contribution is 0.0635. The summed E-state index contributed by atoms with van der Waals surface area (Å²) in [7, 11) is -8.60. The number of anilines is 4. The Labute approximate surface area is 387 Å². The number of amides is 2. The molecule has 0 spiro atoms. The van der Waals surface area contributed by atoms with Crippen LogP contribution in [0.1, 0.15) is 52.2 Å². The highest BCUT2D eigenvalue weighted by molar-refractivity contribution is 7.90. The number of carbonyl (C=O) groups excluding carboxylic acids is 1. The number of morpholine rings is 2. The molecule has 7 rings (SSSR count). The molecule has 1 unspecified atom stereocenters. The van der Waals surface area contributed by atoms with E-state index >= 15 is 0 Å². The molecule has 2 aliphatic rings. The van der Waals surface area contributed by atoms with Crippen LogP contribution in [0.5, 0.6) is 0 Å². The quantitative estimate of drug-likeness (QED) is 0.0926. The molecule has 2 fully saturated rings. The molecule has 2 aliphatic heterocycles. The zero-order valence-corrected chi connectivity index (χ0v) is 39.3. The Morgan fingerprint density at radius 2 is 1.39 bits per heavy atom. The molecular weight excluding hydrogens is 912 g/mol. The summed E-state index contributed by atoms with van der Waals surface area (Å²) in [5, 5.41) is 13.5. The topological polar surface area (TPSA) is 233 Å².